The molecule has 2 amide bonds. The maximum absolute atomic E-state index is 12.1. The normalized spacial score (nSPS) is 10.3. The fraction of sp³-hybridized carbons (Fsp3) is 0.0556. The van der Waals surface area contributed by atoms with E-state index in [-0.39, 0.29) is 18.1 Å². The lowest BCUT2D eigenvalue weighted by Crippen LogP contribution is -2.33. The Hall–Kier alpha value is -3.12. The number of nitrogens with one attached hydrogen (secondary N) is 2. The number of hydrogen-bond acceptors (Lipinski definition) is 4. The van der Waals surface area contributed by atoms with Crippen LogP contribution in [0.1, 0.15) is 10.5 Å². The van der Waals surface area contributed by atoms with Crippen LogP contribution in [-0.4, -0.2) is 23.5 Å². The monoisotopic (exact) mass is 355 g/mol. The van der Waals surface area contributed by atoms with Crippen molar-refractivity contribution in [2.24, 2.45) is 0 Å². The van der Waals surface area contributed by atoms with Gasteiger partial charge in [0, 0.05) is 22.3 Å². The lowest BCUT2D eigenvalue weighted by molar-refractivity contribution is -0.115. The van der Waals surface area contributed by atoms with E-state index in [1.54, 1.807) is 36.4 Å². The largest absolute Gasteiger partial charge is 0.355 e. The Morgan fingerprint density at radius 2 is 1.76 bits per heavy atom. The molecule has 0 aliphatic heterocycles. The highest BCUT2D eigenvalue weighted by molar-refractivity contribution is 6.30. The van der Waals surface area contributed by atoms with Gasteiger partial charge in [0.1, 0.15) is 0 Å². The number of carbonyl (C=O) groups excluding carboxylic acids is 2. The molecule has 2 N–H and O–H groups in total. The topological polar surface area (TPSA) is 84.2 Å². The number of halogens is 1. The summed E-state index contributed by atoms with van der Waals surface area (Å²) >= 11 is 5.84. The van der Waals surface area contributed by atoms with Gasteiger partial charge in [-0.1, -0.05) is 35.0 Å². The average molecular weight is 356 g/mol. The maximum atomic E-state index is 12.1. The molecule has 0 atom stereocenters. The Bertz CT molecular complexity index is 876. The highest BCUT2D eigenvalue weighted by Crippen LogP contribution is 2.22. The standard InChI is InChI=1S/C18H14ClN3O3/c19-13-8-6-12(7-9-13)16-10-15(22-25-16)18(24)20-11-17(23)21-14-4-2-1-3-5-14/h1-10H,11H2,(H,20,24)(H,21,23). The fourth-order valence-electron chi connectivity index (χ4n) is 2.11. The summed E-state index contributed by atoms with van der Waals surface area (Å²) in [6.07, 6.45) is 0. The van der Waals surface area contributed by atoms with E-state index in [2.05, 4.69) is 15.8 Å². The van der Waals surface area contributed by atoms with E-state index in [1.165, 1.54) is 6.07 Å². The van der Waals surface area contributed by atoms with Gasteiger partial charge in [-0.3, -0.25) is 9.59 Å². The van der Waals surface area contributed by atoms with Crippen LogP contribution in [-0.2, 0) is 4.79 Å². The SMILES string of the molecule is O=C(CNC(=O)c1cc(-c2ccc(Cl)cc2)on1)Nc1ccccc1. The summed E-state index contributed by atoms with van der Waals surface area (Å²) in [5.74, 6) is -0.385. The number of aromatic nitrogens is 1. The van der Waals surface area contributed by atoms with E-state index in [4.69, 9.17) is 16.1 Å². The third kappa shape index (κ3) is 4.45. The van der Waals surface area contributed by atoms with E-state index in [0.29, 0.717) is 16.5 Å². The van der Waals surface area contributed by atoms with Gasteiger partial charge < -0.3 is 15.2 Å². The number of carbonyl (C=O) groups is 2. The van der Waals surface area contributed by atoms with Crippen LogP contribution in [0.25, 0.3) is 11.3 Å². The van der Waals surface area contributed by atoms with Gasteiger partial charge in [-0.15, -0.1) is 0 Å². The summed E-state index contributed by atoms with van der Waals surface area (Å²) < 4.78 is 5.16. The van der Waals surface area contributed by atoms with Crippen molar-refractivity contribution in [3.63, 3.8) is 0 Å². The first-order valence-corrected chi connectivity index (χ1v) is 7.85. The summed E-state index contributed by atoms with van der Waals surface area (Å²) in [5.41, 5.74) is 1.50. The number of amides is 2. The highest BCUT2D eigenvalue weighted by Gasteiger charge is 2.14. The van der Waals surface area contributed by atoms with Gasteiger partial charge in [-0.05, 0) is 36.4 Å². The average Bonchev–Trinajstić information content (AvgIpc) is 3.11. The lowest BCUT2D eigenvalue weighted by atomic mass is 10.1. The summed E-state index contributed by atoms with van der Waals surface area (Å²) in [4.78, 5) is 23.9. The third-order valence-corrected chi connectivity index (χ3v) is 3.59. The zero-order valence-electron chi connectivity index (χ0n) is 13.0. The Morgan fingerprint density at radius 1 is 1.04 bits per heavy atom. The van der Waals surface area contributed by atoms with Crippen molar-refractivity contribution in [2.75, 3.05) is 11.9 Å². The zero-order valence-corrected chi connectivity index (χ0v) is 13.8. The number of anilines is 1. The van der Waals surface area contributed by atoms with Crippen LogP contribution in [0, 0.1) is 0 Å². The molecule has 7 heteroatoms. The van der Waals surface area contributed by atoms with Crippen molar-refractivity contribution >= 4 is 29.1 Å². The molecular weight excluding hydrogens is 342 g/mol. The molecule has 3 aromatic rings. The first-order chi connectivity index (χ1) is 12.1. The molecule has 0 saturated carbocycles. The minimum Gasteiger partial charge on any atom is -0.355 e. The fourth-order valence-corrected chi connectivity index (χ4v) is 2.24. The second kappa shape index (κ2) is 7.63. The van der Waals surface area contributed by atoms with Crippen molar-refractivity contribution in [3.8, 4) is 11.3 Å². The summed E-state index contributed by atoms with van der Waals surface area (Å²) in [7, 11) is 0. The Morgan fingerprint density at radius 3 is 2.48 bits per heavy atom. The van der Waals surface area contributed by atoms with E-state index in [0.717, 1.165) is 5.56 Å². The molecule has 6 nitrogen and oxygen atoms in total. The van der Waals surface area contributed by atoms with Crippen LogP contribution >= 0.6 is 11.6 Å². The molecular formula is C18H14ClN3O3. The number of para-hydroxylation sites is 1. The Labute approximate surface area is 148 Å². The number of nitrogens with zero attached hydrogens (tertiary/aromatic N) is 1. The van der Waals surface area contributed by atoms with E-state index >= 15 is 0 Å². The van der Waals surface area contributed by atoms with E-state index in [9.17, 15) is 9.59 Å². The highest BCUT2D eigenvalue weighted by atomic mass is 35.5. The number of rotatable bonds is 5. The van der Waals surface area contributed by atoms with Gasteiger partial charge in [0.25, 0.3) is 5.91 Å². The number of benzene rings is 2. The minimum atomic E-state index is -0.493. The molecule has 3 rings (SSSR count). The Balaban J connectivity index is 1.57. The van der Waals surface area contributed by atoms with Crippen LogP contribution in [0.4, 0.5) is 5.69 Å². The molecule has 0 saturated heterocycles. The predicted molar refractivity (Wildman–Crippen MR) is 94.4 cm³/mol. The summed E-state index contributed by atoms with van der Waals surface area (Å²) in [6, 6.07) is 17.4. The van der Waals surface area contributed by atoms with Crippen molar-refractivity contribution < 1.29 is 14.1 Å². The maximum Gasteiger partial charge on any atom is 0.273 e. The summed E-state index contributed by atoms with van der Waals surface area (Å²) in [5, 5.41) is 9.50. The zero-order chi connectivity index (χ0) is 17.6. The van der Waals surface area contributed by atoms with Crippen LogP contribution < -0.4 is 10.6 Å². The van der Waals surface area contributed by atoms with Gasteiger partial charge in [0.2, 0.25) is 5.91 Å². The van der Waals surface area contributed by atoms with E-state index in [1.807, 2.05) is 18.2 Å². The van der Waals surface area contributed by atoms with Crippen molar-refractivity contribution in [1.82, 2.24) is 10.5 Å². The first-order valence-electron chi connectivity index (χ1n) is 7.47. The molecule has 0 unspecified atom stereocenters. The molecule has 2 aromatic carbocycles. The molecule has 126 valence electrons. The molecule has 0 fully saturated rings. The van der Waals surface area contributed by atoms with Crippen molar-refractivity contribution in [3.05, 3.63) is 71.4 Å². The third-order valence-electron chi connectivity index (χ3n) is 3.34. The molecule has 0 radical (unpaired) electrons. The van der Waals surface area contributed by atoms with Crippen LogP contribution in [0.15, 0.2) is 65.2 Å². The van der Waals surface area contributed by atoms with Gasteiger partial charge in [0.05, 0.1) is 6.54 Å². The quantitative estimate of drug-likeness (QED) is 0.735. The predicted octanol–water partition coefficient (Wildman–Crippen LogP) is 3.36. The van der Waals surface area contributed by atoms with Gasteiger partial charge in [0.15, 0.2) is 11.5 Å². The van der Waals surface area contributed by atoms with Gasteiger partial charge in [-0.2, -0.15) is 0 Å². The molecule has 0 aliphatic rings. The lowest BCUT2D eigenvalue weighted by Gasteiger charge is -2.05. The second-order valence-corrected chi connectivity index (χ2v) is 5.62. The van der Waals surface area contributed by atoms with Crippen LogP contribution in [0.5, 0.6) is 0 Å². The van der Waals surface area contributed by atoms with Crippen molar-refractivity contribution in [1.29, 1.82) is 0 Å². The molecule has 1 heterocycles. The number of hydrogen-bond donors (Lipinski definition) is 2. The Kier molecular flexibility index (Phi) is 5.11. The second-order valence-electron chi connectivity index (χ2n) is 5.18. The molecule has 1 aromatic heterocycles. The minimum absolute atomic E-state index is 0.0949. The van der Waals surface area contributed by atoms with Gasteiger partial charge >= 0.3 is 0 Å². The molecule has 0 aliphatic carbocycles. The molecule has 0 bridgehead atoms. The van der Waals surface area contributed by atoms with Crippen molar-refractivity contribution in [2.45, 2.75) is 0 Å². The molecule has 0 spiro atoms. The molecule has 25 heavy (non-hydrogen) atoms. The smallest absolute Gasteiger partial charge is 0.273 e. The van der Waals surface area contributed by atoms with Crippen LogP contribution in [0.3, 0.4) is 0 Å². The van der Waals surface area contributed by atoms with E-state index < -0.39 is 5.91 Å². The summed E-state index contributed by atoms with van der Waals surface area (Å²) in [6.45, 7) is -0.170. The van der Waals surface area contributed by atoms with Crippen LogP contribution in [0.2, 0.25) is 5.02 Å². The van der Waals surface area contributed by atoms with Gasteiger partial charge in [-0.25, -0.2) is 0 Å². The first kappa shape index (κ1) is 16.7.